The lowest BCUT2D eigenvalue weighted by molar-refractivity contribution is -0.137. The van der Waals surface area contributed by atoms with Gasteiger partial charge in [-0.1, -0.05) is 11.6 Å². The van der Waals surface area contributed by atoms with Crippen molar-refractivity contribution in [3.8, 4) is 0 Å². The number of benzene rings is 3. The van der Waals surface area contributed by atoms with E-state index < -0.39 is 58.9 Å². The molecule has 1 unspecified atom stereocenters. The molecule has 4 N–H and O–H groups in total. The molecule has 0 spiro atoms. The predicted octanol–water partition coefficient (Wildman–Crippen LogP) is 5.38. The number of rotatable bonds is 5. The zero-order chi connectivity index (χ0) is 29.8. The Bertz CT molecular complexity index is 1610. The Balaban J connectivity index is 1.70. The maximum absolute atomic E-state index is 14.3. The standard InChI is InChI=1S/C27H20ClF5N4O4/c1-11(38)24(39)34-19-10-20(35-25(40)12-6-13(27(31,32)33)8-15(30)7-12)21-22(17-9-14(29)2-3-18(17)28)36-26(41)37-5-4-16(19)23(21)37/h2-3,6-11,22,38H,4-5H2,1H3,(H,34,39)(H,35,40)(H,36,41)/t11-,22?/m0/s1. The van der Waals surface area contributed by atoms with Gasteiger partial charge in [-0.15, -0.1) is 0 Å². The second-order valence-corrected chi connectivity index (χ2v) is 9.92. The van der Waals surface area contributed by atoms with Gasteiger partial charge >= 0.3 is 12.2 Å². The van der Waals surface area contributed by atoms with Crippen LogP contribution in [-0.2, 0) is 17.4 Å². The van der Waals surface area contributed by atoms with E-state index in [-0.39, 0.29) is 52.2 Å². The first kappa shape index (κ1) is 28.3. The summed E-state index contributed by atoms with van der Waals surface area (Å²) in [5.41, 5.74) is -0.971. The third-order valence-corrected chi connectivity index (χ3v) is 7.09. The third kappa shape index (κ3) is 5.30. The summed E-state index contributed by atoms with van der Waals surface area (Å²) in [6, 6.07) is 4.38. The van der Waals surface area contributed by atoms with E-state index in [1.165, 1.54) is 24.0 Å². The molecule has 4 amide bonds. The number of hydrogen-bond acceptors (Lipinski definition) is 4. The topological polar surface area (TPSA) is 111 Å². The van der Waals surface area contributed by atoms with Crippen LogP contribution in [0.15, 0.2) is 42.5 Å². The number of anilines is 3. The van der Waals surface area contributed by atoms with Crippen LogP contribution in [0.25, 0.3) is 0 Å². The van der Waals surface area contributed by atoms with Crippen molar-refractivity contribution < 1.29 is 41.4 Å². The Morgan fingerprint density at radius 1 is 1.07 bits per heavy atom. The number of carbonyl (C=O) groups excluding carboxylic acids is 3. The fourth-order valence-electron chi connectivity index (χ4n) is 4.89. The van der Waals surface area contributed by atoms with Crippen molar-refractivity contribution in [1.82, 2.24) is 5.32 Å². The number of aliphatic hydroxyl groups is 1. The molecule has 14 heteroatoms. The van der Waals surface area contributed by atoms with E-state index >= 15 is 0 Å². The van der Waals surface area contributed by atoms with Crippen molar-refractivity contribution in [2.75, 3.05) is 22.1 Å². The quantitative estimate of drug-likeness (QED) is 0.297. The molecule has 5 rings (SSSR count). The largest absolute Gasteiger partial charge is 0.416 e. The van der Waals surface area contributed by atoms with Crippen LogP contribution in [0.5, 0.6) is 0 Å². The summed E-state index contributed by atoms with van der Waals surface area (Å²) < 4.78 is 68.2. The van der Waals surface area contributed by atoms with Gasteiger partial charge in [-0.2, -0.15) is 13.2 Å². The summed E-state index contributed by atoms with van der Waals surface area (Å²) in [5, 5.41) is 17.5. The molecule has 0 saturated carbocycles. The van der Waals surface area contributed by atoms with Crippen molar-refractivity contribution in [3.63, 3.8) is 0 Å². The monoisotopic (exact) mass is 594 g/mol. The van der Waals surface area contributed by atoms with Gasteiger partial charge in [-0.05, 0) is 55.8 Å². The lowest BCUT2D eigenvalue weighted by Crippen LogP contribution is -2.46. The minimum absolute atomic E-state index is 0.0700. The first-order chi connectivity index (χ1) is 19.2. The fourth-order valence-corrected chi connectivity index (χ4v) is 5.12. The first-order valence-corrected chi connectivity index (χ1v) is 12.5. The zero-order valence-electron chi connectivity index (χ0n) is 21.0. The van der Waals surface area contributed by atoms with Crippen molar-refractivity contribution in [2.24, 2.45) is 0 Å². The smallest absolute Gasteiger partial charge is 0.384 e. The van der Waals surface area contributed by atoms with Crippen LogP contribution in [0.4, 0.5) is 43.8 Å². The molecule has 41 heavy (non-hydrogen) atoms. The van der Waals surface area contributed by atoms with Crippen molar-refractivity contribution in [3.05, 3.63) is 86.9 Å². The van der Waals surface area contributed by atoms with E-state index in [9.17, 15) is 41.4 Å². The molecule has 0 aliphatic carbocycles. The molecule has 0 bridgehead atoms. The number of aliphatic hydroxyl groups excluding tert-OH is 1. The molecule has 0 radical (unpaired) electrons. The van der Waals surface area contributed by atoms with Crippen LogP contribution >= 0.6 is 11.6 Å². The highest BCUT2D eigenvalue weighted by Gasteiger charge is 2.41. The van der Waals surface area contributed by atoms with Gasteiger partial charge in [-0.3, -0.25) is 14.5 Å². The molecule has 2 heterocycles. The Morgan fingerprint density at radius 2 is 1.80 bits per heavy atom. The second-order valence-electron chi connectivity index (χ2n) is 9.51. The molecule has 214 valence electrons. The summed E-state index contributed by atoms with van der Waals surface area (Å²) in [4.78, 5) is 40.0. The van der Waals surface area contributed by atoms with Gasteiger partial charge in [0.05, 0.1) is 23.0 Å². The lowest BCUT2D eigenvalue weighted by atomic mass is 9.90. The van der Waals surface area contributed by atoms with Crippen LogP contribution in [-0.4, -0.2) is 35.6 Å². The molecular weight excluding hydrogens is 575 g/mol. The molecule has 0 fully saturated rings. The van der Waals surface area contributed by atoms with Gasteiger partial charge < -0.3 is 21.1 Å². The second kappa shape index (κ2) is 10.3. The van der Waals surface area contributed by atoms with Crippen LogP contribution < -0.4 is 20.9 Å². The van der Waals surface area contributed by atoms with Crippen LogP contribution in [0.2, 0.25) is 5.02 Å². The molecule has 0 aromatic heterocycles. The summed E-state index contributed by atoms with van der Waals surface area (Å²) >= 11 is 6.35. The Hall–Kier alpha value is -4.23. The zero-order valence-corrected chi connectivity index (χ0v) is 21.8. The van der Waals surface area contributed by atoms with Gasteiger partial charge in [0.25, 0.3) is 11.8 Å². The molecule has 2 aliphatic heterocycles. The lowest BCUT2D eigenvalue weighted by Gasteiger charge is -2.35. The summed E-state index contributed by atoms with van der Waals surface area (Å²) in [6.45, 7) is 1.38. The normalized spacial score (nSPS) is 16.6. The van der Waals surface area contributed by atoms with E-state index in [1.54, 1.807) is 0 Å². The molecule has 3 aromatic carbocycles. The van der Waals surface area contributed by atoms with Gasteiger partial charge in [0, 0.05) is 39.5 Å². The fraction of sp³-hybridized carbons (Fsp3) is 0.222. The van der Waals surface area contributed by atoms with Crippen LogP contribution in [0.3, 0.4) is 0 Å². The molecule has 3 aromatic rings. The number of carbonyl (C=O) groups is 3. The number of halogens is 6. The third-order valence-electron chi connectivity index (χ3n) is 6.74. The van der Waals surface area contributed by atoms with Crippen LogP contribution in [0.1, 0.15) is 45.6 Å². The van der Waals surface area contributed by atoms with Gasteiger partial charge in [0.15, 0.2) is 0 Å². The molecular formula is C27H20ClF5N4O4. The highest BCUT2D eigenvalue weighted by molar-refractivity contribution is 6.31. The Kier molecular flexibility index (Phi) is 7.12. The Morgan fingerprint density at radius 3 is 2.49 bits per heavy atom. The van der Waals surface area contributed by atoms with Crippen molar-refractivity contribution >= 4 is 46.5 Å². The van der Waals surface area contributed by atoms with Crippen LogP contribution in [0, 0.1) is 11.6 Å². The average Bonchev–Trinajstić information content (AvgIpc) is 3.34. The number of amides is 4. The van der Waals surface area contributed by atoms with Gasteiger partial charge in [0.1, 0.15) is 17.7 Å². The molecule has 2 atom stereocenters. The van der Waals surface area contributed by atoms with E-state index in [4.69, 9.17) is 11.6 Å². The van der Waals surface area contributed by atoms with Gasteiger partial charge in [0.2, 0.25) is 0 Å². The summed E-state index contributed by atoms with van der Waals surface area (Å²) in [5.74, 6) is -3.91. The van der Waals surface area contributed by atoms with Gasteiger partial charge in [-0.25, -0.2) is 13.6 Å². The highest BCUT2D eigenvalue weighted by Crippen LogP contribution is 2.49. The maximum atomic E-state index is 14.3. The summed E-state index contributed by atoms with van der Waals surface area (Å²) in [7, 11) is 0. The van der Waals surface area contributed by atoms with E-state index in [0.717, 1.165) is 12.1 Å². The predicted molar refractivity (Wildman–Crippen MR) is 139 cm³/mol. The average molecular weight is 595 g/mol. The molecule has 2 aliphatic rings. The number of nitrogens with zero attached hydrogens (tertiary/aromatic N) is 1. The number of urea groups is 1. The minimum atomic E-state index is -4.93. The maximum Gasteiger partial charge on any atom is 0.416 e. The number of alkyl halides is 3. The van der Waals surface area contributed by atoms with E-state index in [0.29, 0.717) is 17.7 Å². The number of hydrogen-bond donors (Lipinski definition) is 4. The highest BCUT2D eigenvalue weighted by atomic mass is 35.5. The summed E-state index contributed by atoms with van der Waals surface area (Å²) in [6.07, 6.45) is -6.11. The SMILES string of the molecule is C[C@H](O)C(=O)Nc1cc(NC(=O)c2cc(F)cc(C(F)(F)F)c2)c2c3c1CCN3C(=O)NC2c1cc(F)ccc1Cl. The van der Waals surface area contributed by atoms with E-state index in [1.807, 2.05) is 0 Å². The Labute approximate surface area is 234 Å². The van der Waals surface area contributed by atoms with E-state index in [2.05, 4.69) is 16.0 Å². The van der Waals surface area contributed by atoms with Crippen molar-refractivity contribution in [1.29, 1.82) is 0 Å². The number of nitrogens with one attached hydrogen (secondary N) is 3. The molecule has 0 saturated heterocycles. The van der Waals surface area contributed by atoms with Crippen molar-refractivity contribution in [2.45, 2.75) is 31.7 Å². The molecule has 8 nitrogen and oxygen atoms in total. The first-order valence-electron chi connectivity index (χ1n) is 12.2. The minimum Gasteiger partial charge on any atom is -0.384 e.